The summed E-state index contributed by atoms with van der Waals surface area (Å²) in [4.78, 5) is 18.6. The molecule has 1 amide bonds. The number of nitrogens with one attached hydrogen (secondary N) is 1. The SMILES string of the molecule is CN1CCN(CC(=O)N2CCNCC2)CC1. The van der Waals surface area contributed by atoms with Crippen molar-refractivity contribution in [3.05, 3.63) is 0 Å². The van der Waals surface area contributed by atoms with Crippen LogP contribution in [-0.4, -0.2) is 86.6 Å². The Hall–Kier alpha value is -0.650. The first-order valence-corrected chi connectivity index (χ1v) is 6.15. The number of hydrogen-bond acceptors (Lipinski definition) is 4. The Morgan fingerprint density at radius 1 is 1.06 bits per heavy atom. The van der Waals surface area contributed by atoms with Crippen LogP contribution in [0.5, 0.6) is 0 Å². The second-order valence-electron chi connectivity index (χ2n) is 4.71. The fraction of sp³-hybridized carbons (Fsp3) is 0.909. The van der Waals surface area contributed by atoms with Crippen LogP contribution < -0.4 is 5.32 Å². The Balaban J connectivity index is 1.73. The molecule has 1 N–H and O–H groups in total. The molecule has 0 saturated carbocycles. The van der Waals surface area contributed by atoms with Gasteiger partial charge in [0.25, 0.3) is 0 Å². The molecule has 0 radical (unpaired) electrons. The molecule has 5 heteroatoms. The summed E-state index contributed by atoms with van der Waals surface area (Å²) in [5, 5.41) is 3.26. The van der Waals surface area contributed by atoms with Crippen molar-refractivity contribution in [2.45, 2.75) is 0 Å². The van der Waals surface area contributed by atoms with Gasteiger partial charge >= 0.3 is 0 Å². The maximum Gasteiger partial charge on any atom is 0.236 e. The molecule has 0 unspecified atom stereocenters. The lowest BCUT2D eigenvalue weighted by Crippen LogP contribution is -2.52. The Bertz CT molecular complexity index is 232. The van der Waals surface area contributed by atoms with Crippen LogP contribution in [0.1, 0.15) is 0 Å². The fourth-order valence-electron chi connectivity index (χ4n) is 2.21. The molecule has 92 valence electrons. The first-order valence-electron chi connectivity index (χ1n) is 6.15. The van der Waals surface area contributed by atoms with Crippen molar-refractivity contribution in [1.29, 1.82) is 0 Å². The molecule has 2 aliphatic rings. The number of nitrogens with zero attached hydrogens (tertiary/aromatic N) is 3. The lowest BCUT2D eigenvalue weighted by atomic mass is 10.3. The van der Waals surface area contributed by atoms with Crippen molar-refractivity contribution in [3.8, 4) is 0 Å². The van der Waals surface area contributed by atoms with Crippen molar-refractivity contribution < 1.29 is 4.79 Å². The summed E-state index contributed by atoms with van der Waals surface area (Å²) in [7, 11) is 2.13. The Morgan fingerprint density at radius 3 is 2.31 bits per heavy atom. The number of likely N-dealkylation sites (N-methyl/N-ethyl adjacent to an activating group) is 1. The molecule has 2 fully saturated rings. The van der Waals surface area contributed by atoms with Crippen molar-refractivity contribution in [2.24, 2.45) is 0 Å². The zero-order valence-electron chi connectivity index (χ0n) is 10.1. The fourth-order valence-corrected chi connectivity index (χ4v) is 2.21. The van der Waals surface area contributed by atoms with Gasteiger partial charge in [-0.05, 0) is 7.05 Å². The zero-order valence-corrected chi connectivity index (χ0v) is 10.1. The van der Waals surface area contributed by atoms with Crippen molar-refractivity contribution in [2.75, 3.05) is 66.0 Å². The molecule has 0 aromatic heterocycles. The minimum atomic E-state index is 0.297. The lowest BCUT2D eigenvalue weighted by molar-refractivity contribution is -0.133. The van der Waals surface area contributed by atoms with Crippen LogP contribution >= 0.6 is 0 Å². The summed E-state index contributed by atoms with van der Waals surface area (Å²) in [5.74, 6) is 0.297. The molecular weight excluding hydrogens is 204 g/mol. The highest BCUT2D eigenvalue weighted by molar-refractivity contribution is 5.78. The summed E-state index contributed by atoms with van der Waals surface area (Å²) >= 11 is 0. The minimum absolute atomic E-state index is 0.297. The third-order valence-corrected chi connectivity index (χ3v) is 3.42. The van der Waals surface area contributed by atoms with Crippen LogP contribution in [-0.2, 0) is 4.79 Å². The van der Waals surface area contributed by atoms with Gasteiger partial charge in [0.15, 0.2) is 0 Å². The van der Waals surface area contributed by atoms with Crippen molar-refractivity contribution >= 4 is 5.91 Å². The number of hydrogen-bond donors (Lipinski definition) is 1. The standard InChI is InChI=1S/C11H22N4O/c1-13-6-8-14(9-7-13)10-11(16)15-4-2-12-3-5-15/h12H,2-10H2,1H3. The molecule has 2 heterocycles. The maximum atomic E-state index is 12.0. The van der Waals surface area contributed by atoms with Gasteiger partial charge in [0.1, 0.15) is 0 Å². The van der Waals surface area contributed by atoms with E-state index in [0.717, 1.165) is 52.4 Å². The van der Waals surface area contributed by atoms with E-state index in [9.17, 15) is 4.79 Å². The number of amides is 1. The second-order valence-corrected chi connectivity index (χ2v) is 4.71. The predicted octanol–water partition coefficient (Wildman–Crippen LogP) is -1.33. The van der Waals surface area contributed by atoms with E-state index in [4.69, 9.17) is 0 Å². The molecule has 2 saturated heterocycles. The lowest BCUT2D eigenvalue weighted by Gasteiger charge is -2.34. The molecule has 2 rings (SSSR count). The van der Waals surface area contributed by atoms with E-state index < -0.39 is 0 Å². The molecule has 5 nitrogen and oxygen atoms in total. The Kier molecular flexibility index (Phi) is 4.15. The van der Waals surface area contributed by atoms with Gasteiger partial charge in [0.2, 0.25) is 5.91 Å². The largest absolute Gasteiger partial charge is 0.339 e. The van der Waals surface area contributed by atoms with Crippen LogP contribution in [0.3, 0.4) is 0 Å². The number of carbonyl (C=O) groups excluding carboxylic acids is 1. The Labute approximate surface area is 97.4 Å². The molecule has 2 aliphatic heterocycles. The van der Waals surface area contributed by atoms with E-state index in [-0.39, 0.29) is 0 Å². The highest BCUT2D eigenvalue weighted by atomic mass is 16.2. The van der Waals surface area contributed by atoms with Crippen molar-refractivity contribution in [3.63, 3.8) is 0 Å². The van der Waals surface area contributed by atoms with Gasteiger partial charge in [0.05, 0.1) is 6.54 Å². The number of rotatable bonds is 2. The number of piperazine rings is 2. The average molecular weight is 226 g/mol. The molecule has 0 atom stereocenters. The van der Waals surface area contributed by atoms with Crippen LogP contribution in [0.2, 0.25) is 0 Å². The zero-order chi connectivity index (χ0) is 11.4. The van der Waals surface area contributed by atoms with Gasteiger partial charge in [-0.2, -0.15) is 0 Å². The van der Waals surface area contributed by atoms with Crippen LogP contribution in [0.15, 0.2) is 0 Å². The predicted molar refractivity (Wildman–Crippen MR) is 63.4 cm³/mol. The molecule has 0 aromatic rings. The summed E-state index contributed by atoms with van der Waals surface area (Å²) in [6.07, 6.45) is 0. The smallest absolute Gasteiger partial charge is 0.236 e. The maximum absolute atomic E-state index is 12.0. The van der Waals surface area contributed by atoms with Gasteiger partial charge in [-0.1, -0.05) is 0 Å². The molecule has 0 spiro atoms. The first kappa shape index (κ1) is 11.8. The third-order valence-electron chi connectivity index (χ3n) is 3.42. The molecule has 0 bridgehead atoms. The highest BCUT2D eigenvalue weighted by Gasteiger charge is 2.21. The minimum Gasteiger partial charge on any atom is -0.339 e. The van der Waals surface area contributed by atoms with Gasteiger partial charge in [-0.15, -0.1) is 0 Å². The van der Waals surface area contributed by atoms with Crippen LogP contribution in [0.25, 0.3) is 0 Å². The van der Waals surface area contributed by atoms with E-state index in [2.05, 4.69) is 22.2 Å². The third kappa shape index (κ3) is 3.17. The number of carbonyl (C=O) groups is 1. The first-order chi connectivity index (χ1) is 7.75. The monoisotopic (exact) mass is 226 g/mol. The molecule has 16 heavy (non-hydrogen) atoms. The topological polar surface area (TPSA) is 38.8 Å². The normalized spacial score (nSPS) is 24.7. The summed E-state index contributed by atoms with van der Waals surface area (Å²) in [5.41, 5.74) is 0. The van der Waals surface area contributed by atoms with E-state index in [1.807, 2.05) is 4.90 Å². The highest BCUT2D eigenvalue weighted by Crippen LogP contribution is 2.01. The van der Waals surface area contributed by atoms with Crippen molar-refractivity contribution in [1.82, 2.24) is 20.0 Å². The molecule has 0 aromatic carbocycles. The van der Waals surface area contributed by atoms with E-state index in [1.165, 1.54) is 0 Å². The van der Waals surface area contributed by atoms with Crippen LogP contribution in [0.4, 0.5) is 0 Å². The average Bonchev–Trinajstić information content (AvgIpc) is 2.33. The summed E-state index contributed by atoms with van der Waals surface area (Å²) in [6, 6.07) is 0. The molecule has 0 aliphatic carbocycles. The molecular formula is C11H22N4O. The van der Waals surface area contributed by atoms with Crippen LogP contribution in [0, 0.1) is 0 Å². The van der Waals surface area contributed by atoms with Gasteiger partial charge in [-0.25, -0.2) is 0 Å². The quantitative estimate of drug-likeness (QED) is 0.633. The second kappa shape index (κ2) is 5.61. The summed E-state index contributed by atoms with van der Waals surface area (Å²) < 4.78 is 0. The van der Waals surface area contributed by atoms with Gasteiger partial charge in [0, 0.05) is 52.4 Å². The van der Waals surface area contributed by atoms with Gasteiger partial charge in [-0.3, -0.25) is 9.69 Å². The van der Waals surface area contributed by atoms with E-state index in [1.54, 1.807) is 0 Å². The van der Waals surface area contributed by atoms with E-state index in [0.29, 0.717) is 12.5 Å². The Morgan fingerprint density at radius 2 is 1.69 bits per heavy atom. The van der Waals surface area contributed by atoms with Gasteiger partial charge < -0.3 is 15.1 Å². The summed E-state index contributed by atoms with van der Waals surface area (Å²) in [6.45, 7) is 8.42. The van der Waals surface area contributed by atoms with E-state index >= 15 is 0 Å².